The predicted molar refractivity (Wildman–Crippen MR) is 81.9 cm³/mol. The summed E-state index contributed by atoms with van der Waals surface area (Å²) in [6, 6.07) is 12.3. The van der Waals surface area contributed by atoms with E-state index >= 15 is 0 Å². The third-order valence-corrected chi connectivity index (χ3v) is 2.87. The number of nitrogens with one attached hydrogen (secondary N) is 1. The molecule has 4 nitrogen and oxygen atoms in total. The van der Waals surface area contributed by atoms with Crippen molar-refractivity contribution in [2.24, 2.45) is 0 Å². The second kappa shape index (κ2) is 5.93. The van der Waals surface area contributed by atoms with Gasteiger partial charge in [-0.25, -0.2) is 0 Å². The van der Waals surface area contributed by atoms with Crippen LogP contribution in [0.25, 0.3) is 6.08 Å². The van der Waals surface area contributed by atoms with Crippen LogP contribution in [0.15, 0.2) is 49.0 Å². The summed E-state index contributed by atoms with van der Waals surface area (Å²) in [4.78, 5) is 12.2. The van der Waals surface area contributed by atoms with Gasteiger partial charge < -0.3 is 15.8 Å². The summed E-state index contributed by atoms with van der Waals surface area (Å²) < 4.78 is 5.17. The molecular weight excluding hydrogens is 252 g/mol. The van der Waals surface area contributed by atoms with E-state index < -0.39 is 0 Å². The van der Waals surface area contributed by atoms with Crippen molar-refractivity contribution < 1.29 is 9.53 Å². The molecule has 0 fully saturated rings. The SMILES string of the molecule is C=Cc1cc(OC)cc(C(=O)Nc2ccccc2N)c1. The molecule has 0 unspecified atom stereocenters. The van der Waals surface area contributed by atoms with Crippen LogP contribution < -0.4 is 15.8 Å². The van der Waals surface area contributed by atoms with Crippen LogP contribution in [0.4, 0.5) is 11.4 Å². The minimum absolute atomic E-state index is 0.245. The largest absolute Gasteiger partial charge is 0.497 e. The Morgan fingerprint density at radius 3 is 2.70 bits per heavy atom. The molecule has 0 saturated carbocycles. The zero-order valence-corrected chi connectivity index (χ0v) is 11.2. The number of hydrogen-bond acceptors (Lipinski definition) is 3. The molecule has 0 aliphatic carbocycles. The number of amides is 1. The van der Waals surface area contributed by atoms with E-state index in [0.29, 0.717) is 22.7 Å². The van der Waals surface area contributed by atoms with E-state index in [-0.39, 0.29) is 5.91 Å². The molecule has 2 aromatic carbocycles. The Morgan fingerprint density at radius 1 is 1.30 bits per heavy atom. The highest BCUT2D eigenvalue weighted by Crippen LogP contribution is 2.21. The van der Waals surface area contributed by atoms with Gasteiger partial charge in [-0.3, -0.25) is 4.79 Å². The van der Waals surface area contributed by atoms with Gasteiger partial charge in [0.15, 0.2) is 0 Å². The monoisotopic (exact) mass is 268 g/mol. The van der Waals surface area contributed by atoms with Crippen molar-refractivity contribution in [3.63, 3.8) is 0 Å². The number of ether oxygens (including phenoxy) is 1. The first kappa shape index (κ1) is 13.7. The van der Waals surface area contributed by atoms with Crippen molar-refractivity contribution in [1.29, 1.82) is 0 Å². The predicted octanol–water partition coefficient (Wildman–Crippen LogP) is 3.17. The van der Waals surface area contributed by atoms with Crippen molar-refractivity contribution in [1.82, 2.24) is 0 Å². The second-order valence-electron chi connectivity index (χ2n) is 4.24. The molecule has 102 valence electrons. The highest BCUT2D eigenvalue weighted by molar-refractivity contribution is 6.06. The average molecular weight is 268 g/mol. The molecule has 0 atom stereocenters. The van der Waals surface area contributed by atoms with E-state index in [0.717, 1.165) is 5.56 Å². The Morgan fingerprint density at radius 2 is 2.05 bits per heavy atom. The molecule has 0 aliphatic heterocycles. The van der Waals surface area contributed by atoms with E-state index in [1.165, 1.54) is 0 Å². The first-order valence-electron chi connectivity index (χ1n) is 6.11. The minimum Gasteiger partial charge on any atom is -0.497 e. The smallest absolute Gasteiger partial charge is 0.255 e. The molecule has 0 heterocycles. The lowest BCUT2D eigenvalue weighted by Crippen LogP contribution is -2.13. The maximum absolute atomic E-state index is 12.2. The van der Waals surface area contributed by atoms with Crippen LogP contribution in [0, 0.1) is 0 Å². The summed E-state index contributed by atoms with van der Waals surface area (Å²) in [5, 5.41) is 2.78. The zero-order chi connectivity index (χ0) is 14.5. The Labute approximate surface area is 117 Å². The molecule has 2 aromatic rings. The molecule has 0 spiro atoms. The third kappa shape index (κ3) is 2.98. The van der Waals surface area contributed by atoms with E-state index in [4.69, 9.17) is 10.5 Å². The fourth-order valence-corrected chi connectivity index (χ4v) is 1.79. The summed E-state index contributed by atoms with van der Waals surface area (Å²) in [7, 11) is 1.55. The third-order valence-electron chi connectivity index (χ3n) is 2.87. The molecule has 3 N–H and O–H groups in total. The number of rotatable bonds is 4. The van der Waals surface area contributed by atoms with Gasteiger partial charge in [0.2, 0.25) is 0 Å². The maximum atomic E-state index is 12.2. The van der Waals surface area contributed by atoms with Gasteiger partial charge in [-0.15, -0.1) is 0 Å². The van der Waals surface area contributed by atoms with E-state index in [1.54, 1.807) is 43.5 Å². The number of para-hydroxylation sites is 2. The number of methoxy groups -OCH3 is 1. The molecule has 0 aliphatic rings. The molecular formula is C16H16N2O2. The van der Waals surface area contributed by atoms with Crippen molar-refractivity contribution in [3.05, 3.63) is 60.2 Å². The van der Waals surface area contributed by atoms with Gasteiger partial charge in [0, 0.05) is 5.56 Å². The van der Waals surface area contributed by atoms with Crippen molar-refractivity contribution in [3.8, 4) is 5.75 Å². The van der Waals surface area contributed by atoms with Gasteiger partial charge in [0.05, 0.1) is 18.5 Å². The number of carbonyl (C=O) groups is 1. The number of benzene rings is 2. The summed E-state index contributed by atoms with van der Waals surface area (Å²) in [5.41, 5.74) is 8.21. The zero-order valence-electron chi connectivity index (χ0n) is 11.2. The highest BCUT2D eigenvalue weighted by atomic mass is 16.5. The van der Waals surface area contributed by atoms with Crippen LogP contribution in [-0.4, -0.2) is 13.0 Å². The fourth-order valence-electron chi connectivity index (χ4n) is 1.79. The maximum Gasteiger partial charge on any atom is 0.255 e. The summed E-state index contributed by atoms with van der Waals surface area (Å²) in [6.07, 6.45) is 1.66. The molecule has 1 amide bonds. The van der Waals surface area contributed by atoms with Gasteiger partial charge >= 0.3 is 0 Å². The normalized spacial score (nSPS) is 9.85. The van der Waals surface area contributed by atoms with Crippen LogP contribution in [-0.2, 0) is 0 Å². The van der Waals surface area contributed by atoms with Gasteiger partial charge in [-0.05, 0) is 35.9 Å². The highest BCUT2D eigenvalue weighted by Gasteiger charge is 2.10. The molecule has 2 rings (SSSR count). The van der Waals surface area contributed by atoms with Crippen molar-refractivity contribution in [2.75, 3.05) is 18.2 Å². The van der Waals surface area contributed by atoms with Crippen LogP contribution >= 0.6 is 0 Å². The number of hydrogen-bond donors (Lipinski definition) is 2. The Kier molecular flexibility index (Phi) is 4.05. The first-order valence-corrected chi connectivity index (χ1v) is 6.11. The van der Waals surface area contributed by atoms with Crippen molar-refractivity contribution >= 4 is 23.4 Å². The van der Waals surface area contributed by atoms with Crippen LogP contribution in [0.3, 0.4) is 0 Å². The van der Waals surface area contributed by atoms with Crippen molar-refractivity contribution in [2.45, 2.75) is 0 Å². The molecule has 0 saturated heterocycles. The van der Waals surface area contributed by atoms with Gasteiger partial charge in [0.1, 0.15) is 5.75 Å². The Hall–Kier alpha value is -2.75. The standard InChI is InChI=1S/C16H16N2O2/c1-3-11-8-12(10-13(9-11)20-2)16(19)18-15-7-5-4-6-14(15)17/h3-10H,1,17H2,2H3,(H,18,19). The van der Waals surface area contributed by atoms with Gasteiger partial charge in [-0.1, -0.05) is 24.8 Å². The number of nitrogen functional groups attached to an aromatic ring is 1. The summed E-state index contributed by atoms with van der Waals surface area (Å²) >= 11 is 0. The number of nitrogens with two attached hydrogens (primary N) is 1. The quantitative estimate of drug-likeness (QED) is 0.837. The van der Waals surface area contributed by atoms with Gasteiger partial charge in [0.25, 0.3) is 5.91 Å². The molecule has 0 aromatic heterocycles. The molecule has 0 radical (unpaired) electrons. The van der Waals surface area contributed by atoms with E-state index in [9.17, 15) is 4.79 Å². The lowest BCUT2D eigenvalue weighted by atomic mass is 10.1. The number of anilines is 2. The fraction of sp³-hybridized carbons (Fsp3) is 0.0625. The lowest BCUT2D eigenvalue weighted by molar-refractivity contribution is 0.102. The van der Waals surface area contributed by atoms with Gasteiger partial charge in [-0.2, -0.15) is 0 Å². The summed E-state index contributed by atoms with van der Waals surface area (Å²) in [6.45, 7) is 3.70. The number of carbonyl (C=O) groups excluding carboxylic acids is 1. The summed E-state index contributed by atoms with van der Waals surface area (Å²) in [5.74, 6) is 0.360. The van der Waals surface area contributed by atoms with E-state index in [1.807, 2.05) is 12.1 Å². The van der Waals surface area contributed by atoms with Crippen LogP contribution in [0.1, 0.15) is 15.9 Å². The first-order chi connectivity index (χ1) is 9.63. The Balaban J connectivity index is 2.29. The average Bonchev–Trinajstić information content (AvgIpc) is 2.48. The molecule has 0 bridgehead atoms. The lowest BCUT2D eigenvalue weighted by Gasteiger charge is -2.10. The Bertz CT molecular complexity index is 651. The van der Waals surface area contributed by atoms with Crippen LogP contribution in [0.2, 0.25) is 0 Å². The molecule has 20 heavy (non-hydrogen) atoms. The minimum atomic E-state index is -0.245. The second-order valence-corrected chi connectivity index (χ2v) is 4.24. The van der Waals surface area contributed by atoms with E-state index in [2.05, 4.69) is 11.9 Å². The topological polar surface area (TPSA) is 64.3 Å². The van der Waals surface area contributed by atoms with Crippen LogP contribution in [0.5, 0.6) is 5.75 Å². The molecule has 4 heteroatoms.